The maximum Gasteiger partial charge on any atom is 0.260 e. The Morgan fingerprint density at radius 3 is 3.00 bits per heavy atom. The van der Waals surface area contributed by atoms with Crippen molar-refractivity contribution in [1.29, 1.82) is 0 Å². The van der Waals surface area contributed by atoms with Crippen molar-refractivity contribution in [3.63, 3.8) is 0 Å². The minimum Gasteiger partial charge on any atom is -0.483 e. The first-order valence-corrected chi connectivity index (χ1v) is 8.01. The zero-order valence-corrected chi connectivity index (χ0v) is 14.3. The Labute approximate surface area is 141 Å². The van der Waals surface area contributed by atoms with E-state index in [4.69, 9.17) is 13.9 Å². The summed E-state index contributed by atoms with van der Waals surface area (Å²) in [6, 6.07) is 5.85. The summed E-state index contributed by atoms with van der Waals surface area (Å²) in [6.45, 7) is 5.47. The van der Waals surface area contributed by atoms with Crippen LogP contribution in [0, 0.1) is 13.8 Å². The van der Waals surface area contributed by atoms with E-state index in [1.54, 1.807) is 12.0 Å². The number of aryl methyl sites for hydroxylation is 1. The average Bonchev–Trinajstić information content (AvgIpc) is 2.97. The van der Waals surface area contributed by atoms with Gasteiger partial charge in [-0.15, -0.1) is 0 Å². The topological polar surface area (TPSA) is 64.8 Å². The van der Waals surface area contributed by atoms with E-state index >= 15 is 0 Å². The fraction of sp³-hybridized carbons (Fsp3) is 0.444. The van der Waals surface area contributed by atoms with E-state index < -0.39 is 0 Å². The lowest BCUT2D eigenvalue weighted by molar-refractivity contribution is -0.134. The van der Waals surface area contributed by atoms with Crippen molar-refractivity contribution in [3.8, 4) is 5.75 Å². The third-order valence-corrected chi connectivity index (χ3v) is 4.30. The van der Waals surface area contributed by atoms with Gasteiger partial charge in [-0.25, -0.2) is 4.98 Å². The molecular formula is C18H22N2O4. The molecule has 0 radical (unpaired) electrons. The smallest absolute Gasteiger partial charge is 0.260 e. The first-order chi connectivity index (χ1) is 11.6. The number of hydrogen-bond acceptors (Lipinski definition) is 5. The summed E-state index contributed by atoms with van der Waals surface area (Å²) in [5, 5.41) is 0. The highest BCUT2D eigenvalue weighted by Crippen LogP contribution is 2.22. The van der Waals surface area contributed by atoms with Crippen molar-refractivity contribution in [3.05, 3.63) is 46.7 Å². The zero-order chi connectivity index (χ0) is 17.1. The largest absolute Gasteiger partial charge is 0.483 e. The minimum absolute atomic E-state index is 0.0302. The number of hydrogen-bond donors (Lipinski definition) is 0. The molecule has 1 aliphatic heterocycles. The highest BCUT2D eigenvalue weighted by atomic mass is 16.5. The molecule has 0 saturated carbocycles. The van der Waals surface area contributed by atoms with E-state index in [0.29, 0.717) is 32.0 Å². The standard InChI is InChI=1S/C18H22N2O4/c1-12-5-4-6-15(13(12)2)23-11-18(21)20-8-7-16-14(9-20)19-17(24-16)10-22-3/h4-6H,7-11H2,1-3H3. The van der Waals surface area contributed by atoms with Crippen molar-refractivity contribution in [2.45, 2.75) is 33.4 Å². The quantitative estimate of drug-likeness (QED) is 0.842. The summed E-state index contributed by atoms with van der Waals surface area (Å²) in [7, 11) is 1.60. The maximum absolute atomic E-state index is 12.4. The Hall–Kier alpha value is -2.34. The summed E-state index contributed by atoms with van der Waals surface area (Å²) in [5.41, 5.74) is 3.02. The van der Waals surface area contributed by atoms with Crippen LogP contribution < -0.4 is 4.74 Å². The molecule has 1 aliphatic rings. The molecule has 2 heterocycles. The highest BCUT2D eigenvalue weighted by Gasteiger charge is 2.25. The molecule has 0 bridgehead atoms. The molecule has 128 valence electrons. The molecule has 0 unspecified atom stereocenters. The number of methoxy groups -OCH3 is 1. The molecule has 6 nitrogen and oxygen atoms in total. The van der Waals surface area contributed by atoms with Crippen molar-refractivity contribution < 1.29 is 18.7 Å². The number of nitrogens with zero attached hydrogens (tertiary/aromatic N) is 2. The molecule has 0 spiro atoms. The van der Waals surface area contributed by atoms with E-state index in [-0.39, 0.29) is 12.5 Å². The van der Waals surface area contributed by atoms with Crippen LogP contribution in [0.2, 0.25) is 0 Å². The summed E-state index contributed by atoms with van der Waals surface area (Å²) >= 11 is 0. The highest BCUT2D eigenvalue weighted by molar-refractivity contribution is 5.78. The van der Waals surface area contributed by atoms with Gasteiger partial charge in [-0.05, 0) is 31.0 Å². The van der Waals surface area contributed by atoms with Crippen LogP contribution in [0.4, 0.5) is 0 Å². The second-order valence-corrected chi connectivity index (χ2v) is 5.96. The Morgan fingerprint density at radius 2 is 2.21 bits per heavy atom. The number of amides is 1. The SMILES string of the molecule is COCc1nc2c(o1)CCN(C(=O)COc1cccc(C)c1C)C2. The van der Waals surface area contributed by atoms with Gasteiger partial charge < -0.3 is 18.8 Å². The predicted octanol–water partition coefficient (Wildman–Crippen LogP) is 2.40. The molecule has 1 aromatic heterocycles. The van der Waals surface area contributed by atoms with E-state index in [2.05, 4.69) is 4.98 Å². The molecular weight excluding hydrogens is 308 g/mol. The van der Waals surface area contributed by atoms with Gasteiger partial charge in [0.25, 0.3) is 5.91 Å². The molecule has 0 N–H and O–H groups in total. The van der Waals surface area contributed by atoms with Crippen LogP contribution in [-0.2, 0) is 29.1 Å². The van der Waals surface area contributed by atoms with Crippen LogP contribution in [0.5, 0.6) is 5.75 Å². The molecule has 0 aliphatic carbocycles. The summed E-state index contributed by atoms with van der Waals surface area (Å²) in [4.78, 5) is 18.6. The lowest BCUT2D eigenvalue weighted by atomic mass is 10.1. The number of oxazole rings is 1. The Kier molecular flexibility index (Phi) is 4.85. The molecule has 24 heavy (non-hydrogen) atoms. The van der Waals surface area contributed by atoms with Crippen LogP contribution in [-0.4, -0.2) is 36.1 Å². The van der Waals surface area contributed by atoms with E-state index in [1.165, 1.54) is 0 Å². The van der Waals surface area contributed by atoms with Gasteiger partial charge in [0.05, 0.1) is 6.54 Å². The van der Waals surface area contributed by atoms with Gasteiger partial charge in [0.1, 0.15) is 23.8 Å². The number of carbonyl (C=O) groups is 1. The number of carbonyl (C=O) groups excluding carboxylic acids is 1. The molecule has 0 saturated heterocycles. The van der Waals surface area contributed by atoms with Crippen molar-refractivity contribution in [1.82, 2.24) is 9.88 Å². The van der Waals surface area contributed by atoms with Gasteiger partial charge in [0.2, 0.25) is 5.89 Å². The average molecular weight is 330 g/mol. The molecule has 3 rings (SSSR count). The van der Waals surface area contributed by atoms with Crippen LogP contribution >= 0.6 is 0 Å². The van der Waals surface area contributed by atoms with Crippen molar-refractivity contribution in [2.75, 3.05) is 20.3 Å². The van der Waals surface area contributed by atoms with E-state index in [1.807, 2.05) is 32.0 Å². The van der Waals surface area contributed by atoms with Crippen molar-refractivity contribution >= 4 is 5.91 Å². The second-order valence-electron chi connectivity index (χ2n) is 5.96. The van der Waals surface area contributed by atoms with E-state index in [0.717, 1.165) is 28.3 Å². The van der Waals surface area contributed by atoms with Gasteiger partial charge in [-0.3, -0.25) is 4.79 Å². The Balaban J connectivity index is 1.60. The third kappa shape index (κ3) is 3.43. The van der Waals surface area contributed by atoms with Gasteiger partial charge >= 0.3 is 0 Å². The maximum atomic E-state index is 12.4. The number of fused-ring (bicyclic) bond motifs is 1. The summed E-state index contributed by atoms with van der Waals surface area (Å²) in [5.74, 6) is 2.12. The van der Waals surface area contributed by atoms with Crippen LogP contribution in [0.3, 0.4) is 0 Å². The number of benzene rings is 1. The number of rotatable bonds is 5. The predicted molar refractivity (Wildman–Crippen MR) is 87.7 cm³/mol. The second kappa shape index (κ2) is 7.05. The Morgan fingerprint density at radius 1 is 1.38 bits per heavy atom. The van der Waals surface area contributed by atoms with Crippen LogP contribution in [0.25, 0.3) is 0 Å². The first kappa shape index (κ1) is 16.5. The number of ether oxygens (including phenoxy) is 2. The molecule has 6 heteroatoms. The van der Waals surface area contributed by atoms with Crippen LogP contribution in [0.1, 0.15) is 28.5 Å². The monoisotopic (exact) mass is 330 g/mol. The van der Waals surface area contributed by atoms with Crippen LogP contribution in [0.15, 0.2) is 22.6 Å². The molecule has 2 aromatic rings. The fourth-order valence-electron chi connectivity index (χ4n) is 2.76. The molecule has 0 fully saturated rings. The van der Waals surface area contributed by atoms with Gasteiger partial charge in [0.15, 0.2) is 6.61 Å². The number of aromatic nitrogens is 1. The molecule has 1 aromatic carbocycles. The lowest BCUT2D eigenvalue weighted by Crippen LogP contribution is -2.38. The normalized spacial score (nSPS) is 13.7. The first-order valence-electron chi connectivity index (χ1n) is 8.01. The summed E-state index contributed by atoms with van der Waals surface area (Å²) in [6.07, 6.45) is 0.668. The summed E-state index contributed by atoms with van der Waals surface area (Å²) < 4.78 is 16.4. The van der Waals surface area contributed by atoms with Crippen molar-refractivity contribution in [2.24, 2.45) is 0 Å². The zero-order valence-electron chi connectivity index (χ0n) is 14.3. The minimum atomic E-state index is -0.0437. The van der Waals surface area contributed by atoms with Gasteiger partial charge in [-0.1, -0.05) is 12.1 Å². The lowest BCUT2D eigenvalue weighted by Gasteiger charge is -2.25. The fourth-order valence-corrected chi connectivity index (χ4v) is 2.76. The molecule has 1 amide bonds. The van der Waals surface area contributed by atoms with Gasteiger partial charge in [-0.2, -0.15) is 0 Å². The molecule has 0 atom stereocenters. The third-order valence-electron chi connectivity index (χ3n) is 4.30. The van der Waals surface area contributed by atoms with E-state index in [9.17, 15) is 4.79 Å². The van der Waals surface area contributed by atoms with Gasteiger partial charge in [0, 0.05) is 20.1 Å². The Bertz CT molecular complexity index is 739.